The van der Waals surface area contributed by atoms with Crippen molar-refractivity contribution in [1.82, 2.24) is 15.5 Å². The Balaban J connectivity index is 1.35. The third-order valence-corrected chi connectivity index (χ3v) is 5.45. The number of amides is 2. The van der Waals surface area contributed by atoms with Crippen molar-refractivity contribution in [1.29, 1.82) is 0 Å². The lowest BCUT2D eigenvalue weighted by Crippen LogP contribution is -2.51. The van der Waals surface area contributed by atoms with Gasteiger partial charge in [-0.25, -0.2) is 4.79 Å². The zero-order chi connectivity index (χ0) is 21.3. The molecule has 6 nitrogen and oxygen atoms in total. The predicted molar refractivity (Wildman–Crippen MR) is 117 cm³/mol. The molecule has 160 valence electrons. The second kappa shape index (κ2) is 11.0. The molecule has 0 saturated carbocycles. The Hall–Kier alpha value is -2.57. The van der Waals surface area contributed by atoms with Gasteiger partial charge in [-0.1, -0.05) is 54.1 Å². The maximum absolute atomic E-state index is 12.4. The van der Waals surface area contributed by atoms with Crippen molar-refractivity contribution in [3.63, 3.8) is 0 Å². The smallest absolute Gasteiger partial charge is 0.408 e. The number of piperidine rings is 1. The van der Waals surface area contributed by atoms with E-state index in [1.807, 2.05) is 54.6 Å². The minimum atomic E-state index is -0.652. The van der Waals surface area contributed by atoms with Gasteiger partial charge in [-0.3, -0.25) is 9.69 Å². The van der Waals surface area contributed by atoms with Gasteiger partial charge in [0.15, 0.2) is 0 Å². The molecule has 2 N–H and O–H groups in total. The van der Waals surface area contributed by atoms with Crippen LogP contribution in [0.4, 0.5) is 4.79 Å². The molecular weight excluding hydrogens is 402 g/mol. The largest absolute Gasteiger partial charge is 0.445 e. The number of hydrogen-bond donors (Lipinski definition) is 2. The third kappa shape index (κ3) is 7.04. The molecule has 0 aliphatic carbocycles. The first-order chi connectivity index (χ1) is 14.5. The van der Waals surface area contributed by atoms with E-state index in [-0.39, 0.29) is 18.6 Å². The zero-order valence-electron chi connectivity index (χ0n) is 17.1. The van der Waals surface area contributed by atoms with Crippen LogP contribution in [0, 0.1) is 0 Å². The Morgan fingerprint density at radius 3 is 2.40 bits per heavy atom. The molecule has 1 heterocycles. The van der Waals surface area contributed by atoms with Crippen LogP contribution in [-0.2, 0) is 22.7 Å². The summed E-state index contributed by atoms with van der Waals surface area (Å²) in [6.07, 6.45) is 1.16. The van der Waals surface area contributed by atoms with Crippen LogP contribution in [0.15, 0.2) is 54.6 Å². The summed E-state index contributed by atoms with van der Waals surface area (Å²) in [7, 11) is 0. The number of benzene rings is 2. The molecule has 0 aromatic heterocycles. The second-order valence-corrected chi connectivity index (χ2v) is 8.05. The summed E-state index contributed by atoms with van der Waals surface area (Å²) in [4.78, 5) is 26.7. The molecule has 1 saturated heterocycles. The fraction of sp³-hybridized carbons (Fsp3) is 0.391. The first kappa shape index (κ1) is 22.1. The molecule has 1 atom stereocenters. The normalized spacial score (nSPS) is 15.9. The summed E-state index contributed by atoms with van der Waals surface area (Å²) in [5.41, 5.74) is 2.13. The van der Waals surface area contributed by atoms with Gasteiger partial charge in [-0.15, -0.1) is 0 Å². The lowest BCUT2D eigenvalue weighted by molar-refractivity contribution is -0.123. The molecule has 7 heteroatoms. The van der Waals surface area contributed by atoms with Crippen LogP contribution in [0.5, 0.6) is 0 Å². The maximum Gasteiger partial charge on any atom is 0.408 e. The van der Waals surface area contributed by atoms with Gasteiger partial charge in [0.05, 0.1) is 0 Å². The average molecular weight is 430 g/mol. The van der Waals surface area contributed by atoms with Crippen LogP contribution in [0.3, 0.4) is 0 Å². The molecule has 1 fully saturated rings. The van der Waals surface area contributed by atoms with Crippen LogP contribution in [0.2, 0.25) is 5.02 Å². The molecule has 0 bridgehead atoms. The Labute approximate surface area is 182 Å². The molecule has 1 unspecified atom stereocenters. The number of hydrogen-bond acceptors (Lipinski definition) is 4. The van der Waals surface area contributed by atoms with E-state index in [1.165, 1.54) is 5.56 Å². The molecular formula is C23H28ClN3O3. The van der Waals surface area contributed by atoms with E-state index in [9.17, 15) is 9.59 Å². The number of nitrogens with zero attached hydrogens (tertiary/aromatic N) is 1. The Morgan fingerprint density at radius 2 is 1.73 bits per heavy atom. The summed E-state index contributed by atoms with van der Waals surface area (Å²) < 4.78 is 5.17. The molecule has 2 amide bonds. The van der Waals surface area contributed by atoms with E-state index in [2.05, 4.69) is 15.5 Å². The number of likely N-dealkylation sites (tertiary alicyclic amines) is 1. The number of rotatable bonds is 7. The minimum absolute atomic E-state index is 0.114. The van der Waals surface area contributed by atoms with E-state index in [1.54, 1.807) is 6.92 Å². The van der Waals surface area contributed by atoms with Crippen molar-refractivity contribution >= 4 is 23.6 Å². The van der Waals surface area contributed by atoms with Gasteiger partial charge >= 0.3 is 6.09 Å². The standard InChI is InChI=1S/C23H28ClN3O3/c1-17(25-23(29)30-16-19-5-3-2-4-6-19)22(28)26-21-11-13-27(14-12-21)15-18-7-9-20(24)10-8-18/h2-10,17,21H,11-16H2,1H3,(H,25,29)(H,26,28). The first-order valence-electron chi connectivity index (χ1n) is 10.2. The number of carbonyl (C=O) groups excluding carboxylic acids is 2. The van der Waals surface area contributed by atoms with Gasteiger partial charge < -0.3 is 15.4 Å². The number of alkyl carbamates (subject to hydrolysis) is 1. The fourth-order valence-corrected chi connectivity index (χ4v) is 3.54. The van der Waals surface area contributed by atoms with Crippen molar-refractivity contribution in [3.8, 4) is 0 Å². The van der Waals surface area contributed by atoms with E-state index in [0.29, 0.717) is 0 Å². The summed E-state index contributed by atoms with van der Waals surface area (Å²) in [5, 5.41) is 6.37. The summed E-state index contributed by atoms with van der Waals surface area (Å²) in [5.74, 6) is -0.192. The summed E-state index contributed by atoms with van der Waals surface area (Å²) in [6.45, 7) is 4.54. The highest BCUT2D eigenvalue weighted by atomic mass is 35.5. The SMILES string of the molecule is CC(NC(=O)OCc1ccccc1)C(=O)NC1CCN(Cc2ccc(Cl)cc2)CC1. The van der Waals surface area contributed by atoms with Crippen LogP contribution < -0.4 is 10.6 Å². The molecule has 2 aromatic rings. The van der Waals surface area contributed by atoms with Crippen molar-refractivity contribution in [2.75, 3.05) is 13.1 Å². The lowest BCUT2D eigenvalue weighted by Gasteiger charge is -2.33. The Kier molecular flexibility index (Phi) is 8.11. The fourth-order valence-electron chi connectivity index (χ4n) is 3.42. The van der Waals surface area contributed by atoms with Gasteiger partial charge in [-0.05, 0) is 43.0 Å². The molecule has 2 aromatic carbocycles. The Bertz CT molecular complexity index is 821. The highest BCUT2D eigenvalue weighted by Gasteiger charge is 2.24. The van der Waals surface area contributed by atoms with Gasteiger partial charge in [0.25, 0.3) is 0 Å². The summed E-state index contributed by atoms with van der Waals surface area (Å²) in [6, 6.07) is 16.8. The van der Waals surface area contributed by atoms with E-state index >= 15 is 0 Å². The van der Waals surface area contributed by atoms with Gasteiger partial charge in [0.1, 0.15) is 12.6 Å². The Morgan fingerprint density at radius 1 is 1.07 bits per heavy atom. The van der Waals surface area contributed by atoms with E-state index < -0.39 is 12.1 Å². The van der Waals surface area contributed by atoms with E-state index in [0.717, 1.165) is 43.1 Å². The number of halogens is 1. The highest BCUT2D eigenvalue weighted by molar-refractivity contribution is 6.30. The van der Waals surface area contributed by atoms with Gasteiger partial charge in [-0.2, -0.15) is 0 Å². The van der Waals surface area contributed by atoms with Gasteiger partial charge in [0.2, 0.25) is 5.91 Å². The number of ether oxygens (including phenoxy) is 1. The monoisotopic (exact) mass is 429 g/mol. The molecule has 0 spiro atoms. The maximum atomic E-state index is 12.4. The van der Waals surface area contributed by atoms with Crippen LogP contribution in [-0.4, -0.2) is 42.1 Å². The van der Waals surface area contributed by atoms with Crippen LogP contribution >= 0.6 is 11.6 Å². The van der Waals surface area contributed by atoms with Crippen molar-refractivity contribution in [2.45, 2.75) is 45.0 Å². The van der Waals surface area contributed by atoms with Crippen LogP contribution in [0.1, 0.15) is 30.9 Å². The molecule has 1 aliphatic rings. The van der Waals surface area contributed by atoms with Gasteiger partial charge in [0, 0.05) is 30.7 Å². The van der Waals surface area contributed by atoms with Crippen molar-refractivity contribution < 1.29 is 14.3 Å². The molecule has 30 heavy (non-hydrogen) atoms. The number of carbonyl (C=O) groups is 2. The highest BCUT2D eigenvalue weighted by Crippen LogP contribution is 2.16. The number of nitrogens with one attached hydrogen (secondary N) is 2. The summed E-state index contributed by atoms with van der Waals surface area (Å²) >= 11 is 5.94. The van der Waals surface area contributed by atoms with E-state index in [4.69, 9.17) is 16.3 Å². The first-order valence-corrected chi connectivity index (χ1v) is 10.6. The third-order valence-electron chi connectivity index (χ3n) is 5.19. The van der Waals surface area contributed by atoms with Crippen molar-refractivity contribution in [3.05, 3.63) is 70.7 Å². The predicted octanol–water partition coefficient (Wildman–Crippen LogP) is 3.74. The second-order valence-electron chi connectivity index (χ2n) is 7.61. The molecule has 1 aliphatic heterocycles. The van der Waals surface area contributed by atoms with Crippen LogP contribution in [0.25, 0.3) is 0 Å². The molecule has 0 radical (unpaired) electrons. The topological polar surface area (TPSA) is 70.7 Å². The molecule has 3 rings (SSSR count). The van der Waals surface area contributed by atoms with Crippen molar-refractivity contribution in [2.24, 2.45) is 0 Å². The minimum Gasteiger partial charge on any atom is -0.445 e. The lowest BCUT2D eigenvalue weighted by atomic mass is 10.0. The quantitative estimate of drug-likeness (QED) is 0.703. The zero-order valence-corrected chi connectivity index (χ0v) is 17.9. The average Bonchev–Trinajstić information content (AvgIpc) is 2.76.